The SMILES string of the molecule is CC(C)(C)OC(=O)N1CCC(c2ccc(Cl)c(Cl)c2)C1CN. The molecule has 0 bridgehead atoms. The van der Waals surface area contributed by atoms with Crippen LogP contribution in [0.15, 0.2) is 18.2 Å². The summed E-state index contributed by atoms with van der Waals surface area (Å²) >= 11 is 12.1. The molecule has 0 saturated carbocycles. The molecule has 1 aliphatic heterocycles. The summed E-state index contributed by atoms with van der Waals surface area (Å²) in [6.45, 7) is 6.57. The van der Waals surface area contributed by atoms with Crippen LogP contribution in [0.4, 0.5) is 4.79 Å². The van der Waals surface area contributed by atoms with Crippen LogP contribution in [0.3, 0.4) is 0 Å². The van der Waals surface area contributed by atoms with Gasteiger partial charge in [0.2, 0.25) is 0 Å². The van der Waals surface area contributed by atoms with Crippen molar-refractivity contribution in [1.82, 2.24) is 4.90 Å². The Balaban J connectivity index is 2.18. The molecule has 2 atom stereocenters. The van der Waals surface area contributed by atoms with E-state index in [1.54, 1.807) is 11.0 Å². The number of benzene rings is 1. The fourth-order valence-corrected chi connectivity index (χ4v) is 3.13. The number of halogens is 2. The number of rotatable bonds is 2. The van der Waals surface area contributed by atoms with Crippen LogP contribution >= 0.6 is 23.2 Å². The van der Waals surface area contributed by atoms with Crippen molar-refractivity contribution in [2.45, 2.75) is 44.8 Å². The first-order chi connectivity index (χ1) is 10.2. The Hall–Kier alpha value is -0.970. The smallest absolute Gasteiger partial charge is 0.410 e. The van der Waals surface area contributed by atoms with Crippen molar-refractivity contribution in [1.29, 1.82) is 0 Å². The van der Waals surface area contributed by atoms with Gasteiger partial charge >= 0.3 is 6.09 Å². The molecule has 4 nitrogen and oxygen atoms in total. The van der Waals surface area contributed by atoms with Crippen LogP contribution in [0.5, 0.6) is 0 Å². The summed E-state index contributed by atoms with van der Waals surface area (Å²) in [5.41, 5.74) is 6.45. The van der Waals surface area contributed by atoms with Crippen molar-refractivity contribution in [2.75, 3.05) is 13.1 Å². The van der Waals surface area contributed by atoms with Crippen LogP contribution in [0.25, 0.3) is 0 Å². The minimum Gasteiger partial charge on any atom is -0.444 e. The molecule has 1 aromatic rings. The summed E-state index contributed by atoms with van der Waals surface area (Å²) in [7, 11) is 0. The third kappa shape index (κ3) is 3.86. The van der Waals surface area contributed by atoms with Gasteiger partial charge in [0.05, 0.1) is 16.1 Å². The Labute approximate surface area is 141 Å². The van der Waals surface area contributed by atoms with Gasteiger partial charge in [-0.1, -0.05) is 29.3 Å². The van der Waals surface area contributed by atoms with Gasteiger partial charge < -0.3 is 15.4 Å². The zero-order valence-corrected chi connectivity index (χ0v) is 14.6. The second-order valence-corrected chi connectivity index (χ2v) is 7.36. The Morgan fingerprint density at radius 1 is 1.36 bits per heavy atom. The zero-order chi connectivity index (χ0) is 16.5. The first kappa shape index (κ1) is 17.4. The second-order valence-electron chi connectivity index (χ2n) is 6.55. The number of likely N-dealkylation sites (tertiary alicyclic amines) is 1. The highest BCUT2D eigenvalue weighted by atomic mass is 35.5. The van der Waals surface area contributed by atoms with E-state index >= 15 is 0 Å². The van der Waals surface area contributed by atoms with Gasteiger partial charge in [-0.3, -0.25) is 0 Å². The lowest BCUT2D eigenvalue weighted by atomic mass is 9.92. The number of hydrogen-bond acceptors (Lipinski definition) is 3. The normalized spacial score (nSPS) is 22.0. The third-order valence-electron chi connectivity index (χ3n) is 3.79. The lowest BCUT2D eigenvalue weighted by Crippen LogP contribution is -2.44. The molecule has 1 amide bonds. The molecular weight excluding hydrogens is 323 g/mol. The molecular formula is C16H22Cl2N2O2. The molecule has 0 aromatic heterocycles. The van der Waals surface area contributed by atoms with Crippen LogP contribution in [0.2, 0.25) is 10.0 Å². The van der Waals surface area contributed by atoms with Crippen molar-refractivity contribution in [2.24, 2.45) is 5.73 Å². The summed E-state index contributed by atoms with van der Waals surface area (Å²) in [5.74, 6) is 0.146. The highest BCUT2D eigenvalue weighted by molar-refractivity contribution is 6.42. The van der Waals surface area contributed by atoms with E-state index < -0.39 is 5.60 Å². The van der Waals surface area contributed by atoms with E-state index in [2.05, 4.69) is 0 Å². The van der Waals surface area contributed by atoms with Gasteiger partial charge in [-0.2, -0.15) is 0 Å². The highest BCUT2D eigenvalue weighted by Crippen LogP contribution is 2.36. The lowest BCUT2D eigenvalue weighted by Gasteiger charge is -2.30. The number of nitrogens with zero attached hydrogens (tertiary/aromatic N) is 1. The fraction of sp³-hybridized carbons (Fsp3) is 0.562. The number of carbonyl (C=O) groups is 1. The maximum Gasteiger partial charge on any atom is 0.410 e. The number of carbonyl (C=O) groups excluding carboxylic acids is 1. The molecule has 1 aliphatic rings. The number of nitrogens with two attached hydrogens (primary N) is 1. The average Bonchev–Trinajstić information content (AvgIpc) is 2.83. The fourth-order valence-electron chi connectivity index (χ4n) is 2.82. The molecule has 0 spiro atoms. The van der Waals surface area contributed by atoms with E-state index in [0.717, 1.165) is 12.0 Å². The van der Waals surface area contributed by atoms with Gasteiger partial charge in [0, 0.05) is 19.0 Å². The van der Waals surface area contributed by atoms with Gasteiger partial charge in [0.1, 0.15) is 5.60 Å². The van der Waals surface area contributed by atoms with Gasteiger partial charge in [-0.05, 0) is 44.9 Å². The molecule has 0 aliphatic carbocycles. The van der Waals surface area contributed by atoms with Crippen LogP contribution in [0.1, 0.15) is 38.7 Å². The molecule has 22 heavy (non-hydrogen) atoms. The first-order valence-corrected chi connectivity index (χ1v) is 8.13. The topological polar surface area (TPSA) is 55.6 Å². The molecule has 1 heterocycles. The largest absolute Gasteiger partial charge is 0.444 e. The van der Waals surface area contributed by atoms with Crippen molar-refractivity contribution < 1.29 is 9.53 Å². The van der Waals surface area contributed by atoms with E-state index in [1.807, 2.05) is 32.9 Å². The van der Waals surface area contributed by atoms with Crippen LogP contribution in [-0.4, -0.2) is 35.7 Å². The van der Waals surface area contributed by atoms with Crippen molar-refractivity contribution in [3.63, 3.8) is 0 Å². The maximum absolute atomic E-state index is 12.3. The average molecular weight is 345 g/mol. The molecule has 2 N–H and O–H groups in total. The molecule has 2 rings (SSSR count). The van der Waals surface area contributed by atoms with E-state index in [1.165, 1.54) is 0 Å². The van der Waals surface area contributed by atoms with E-state index in [9.17, 15) is 4.79 Å². The molecule has 2 unspecified atom stereocenters. The summed E-state index contributed by atoms with van der Waals surface area (Å²) in [4.78, 5) is 14.0. The number of hydrogen-bond donors (Lipinski definition) is 1. The zero-order valence-electron chi connectivity index (χ0n) is 13.1. The number of amides is 1. The quantitative estimate of drug-likeness (QED) is 0.880. The maximum atomic E-state index is 12.3. The van der Waals surface area contributed by atoms with Crippen molar-refractivity contribution in [3.05, 3.63) is 33.8 Å². The molecule has 6 heteroatoms. The minimum atomic E-state index is -0.516. The van der Waals surface area contributed by atoms with Crippen LogP contribution in [0, 0.1) is 0 Å². The monoisotopic (exact) mass is 344 g/mol. The standard InChI is InChI=1S/C16H22Cl2N2O2/c1-16(2,3)22-15(21)20-7-6-11(14(20)9-19)10-4-5-12(17)13(18)8-10/h4-5,8,11,14H,6-7,9,19H2,1-3H3. The Morgan fingerprint density at radius 2 is 2.05 bits per heavy atom. The van der Waals surface area contributed by atoms with E-state index in [0.29, 0.717) is 23.1 Å². The summed E-state index contributed by atoms with van der Waals surface area (Å²) in [6.07, 6.45) is 0.518. The number of ether oxygens (including phenoxy) is 1. The predicted octanol–water partition coefficient (Wildman–Crippen LogP) is 4.05. The predicted molar refractivity (Wildman–Crippen MR) is 89.6 cm³/mol. The second kappa shape index (κ2) is 6.65. The van der Waals surface area contributed by atoms with Crippen molar-refractivity contribution >= 4 is 29.3 Å². The van der Waals surface area contributed by atoms with E-state index in [4.69, 9.17) is 33.7 Å². The molecule has 122 valence electrons. The summed E-state index contributed by atoms with van der Waals surface area (Å²) in [6, 6.07) is 5.49. The molecule has 1 saturated heterocycles. The van der Waals surface area contributed by atoms with E-state index in [-0.39, 0.29) is 18.1 Å². The summed E-state index contributed by atoms with van der Waals surface area (Å²) < 4.78 is 5.47. The van der Waals surface area contributed by atoms with Gasteiger partial charge in [0.15, 0.2) is 0 Å². The van der Waals surface area contributed by atoms with Crippen LogP contribution < -0.4 is 5.73 Å². The van der Waals surface area contributed by atoms with Crippen molar-refractivity contribution in [3.8, 4) is 0 Å². The van der Waals surface area contributed by atoms with Gasteiger partial charge in [0.25, 0.3) is 0 Å². The highest BCUT2D eigenvalue weighted by Gasteiger charge is 2.39. The van der Waals surface area contributed by atoms with Gasteiger partial charge in [-0.15, -0.1) is 0 Å². The molecule has 1 aromatic carbocycles. The van der Waals surface area contributed by atoms with Gasteiger partial charge in [-0.25, -0.2) is 4.79 Å². The lowest BCUT2D eigenvalue weighted by molar-refractivity contribution is 0.0226. The summed E-state index contributed by atoms with van der Waals surface area (Å²) in [5, 5.41) is 1.04. The molecule has 0 radical (unpaired) electrons. The minimum absolute atomic E-state index is 0.0907. The Bertz CT molecular complexity index is 558. The first-order valence-electron chi connectivity index (χ1n) is 7.37. The molecule has 1 fully saturated rings. The Kier molecular flexibility index (Phi) is 5.25. The van der Waals surface area contributed by atoms with Crippen LogP contribution in [-0.2, 0) is 4.74 Å². The third-order valence-corrected chi connectivity index (χ3v) is 4.53. The Morgan fingerprint density at radius 3 is 2.59 bits per heavy atom.